The molecule has 3 aromatic rings. The van der Waals surface area contributed by atoms with E-state index in [9.17, 15) is 19.2 Å². The highest BCUT2D eigenvalue weighted by Gasteiger charge is 2.39. The van der Waals surface area contributed by atoms with Gasteiger partial charge in [0.05, 0.1) is 17.9 Å². The zero-order valence-electron chi connectivity index (χ0n) is 18.9. The Morgan fingerprint density at radius 1 is 0.806 bits per heavy atom. The summed E-state index contributed by atoms with van der Waals surface area (Å²) in [6.45, 7) is 1.92. The van der Waals surface area contributed by atoms with Crippen LogP contribution in [-0.2, 0) is 14.3 Å². The molecule has 0 bridgehead atoms. The molecule has 8 nitrogen and oxygen atoms in total. The summed E-state index contributed by atoms with van der Waals surface area (Å²) >= 11 is 12.0. The predicted octanol–water partition coefficient (Wildman–Crippen LogP) is 5.20. The molecule has 0 aromatic heterocycles. The molecule has 10 heteroatoms. The summed E-state index contributed by atoms with van der Waals surface area (Å²) < 4.78 is 4.94. The summed E-state index contributed by atoms with van der Waals surface area (Å²) in [5, 5.41) is 5.89. The van der Waals surface area contributed by atoms with Crippen molar-refractivity contribution in [2.45, 2.75) is 6.92 Å². The third-order valence-electron chi connectivity index (χ3n) is 5.18. The van der Waals surface area contributed by atoms with Crippen molar-refractivity contribution in [3.63, 3.8) is 0 Å². The van der Waals surface area contributed by atoms with Gasteiger partial charge in [-0.15, -0.1) is 0 Å². The van der Waals surface area contributed by atoms with E-state index in [2.05, 4.69) is 10.6 Å². The zero-order valence-corrected chi connectivity index (χ0v) is 20.4. The fourth-order valence-corrected chi connectivity index (χ4v) is 3.73. The zero-order chi connectivity index (χ0) is 25.8. The smallest absolute Gasteiger partial charge is 0.338 e. The number of imide groups is 1. The molecular weight excluding hydrogens is 505 g/mol. The molecule has 1 aliphatic heterocycles. The number of carbonyl (C=O) groups excluding carboxylic acids is 4. The van der Waals surface area contributed by atoms with Crippen LogP contribution in [0.5, 0.6) is 0 Å². The van der Waals surface area contributed by atoms with Crippen molar-refractivity contribution in [1.82, 2.24) is 0 Å². The van der Waals surface area contributed by atoms with Crippen LogP contribution in [0.4, 0.5) is 17.1 Å². The van der Waals surface area contributed by atoms with Crippen LogP contribution in [0.1, 0.15) is 27.6 Å². The van der Waals surface area contributed by atoms with Gasteiger partial charge in [0, 0.05) is 22.0 Å². The average Bonchev–Trinajstić information content (AvgIpc) is 3.09. The van der Waals surface area contributed by atoms with Crippen LogP contribution in [0.3, 0.4) is 0 Å². The van der Waals surface area contributed by atoms with Crippen LogP contribution < -0.4 is 15.5 Å². The second-order valence-electron chi connectivity index (χ2n) is 7.57. The summed E-state index contributed by atoms with van der Waals surface area (Å²) in [7, 11) is 0. The summed E-state index contributed by atoms with van der Waals surface area (Å²) in [4.78, 5) is 50.9. The largest absolute Gasteiger partial charge is 0.462 e. The minimum atomic E-state index is -0.702. The number of amides is 3. The molecule has 0 aliphatic carbocycles. The highest BCUT2D eigenvalue weighted by Crippen LogP contribution is 2.30. The van der Waals surface area contributed by atoms with E-state index in [4.69, 9.17) is 27.9 Å². The minimum Gasteiger partial charge on any atom is -0.462 e. The van der Waals surface area contributed by atoms with E-state index in [1.54, 1.807) is 55.5 Å². The van der Waals surface area contributed by atoms with Crippen LogP contribution in [-0.4, -0.2) is 30.3 Å². The quantitative estimate of drug-likeness (QED) is 0.325. The lowest BCUT2D eigenvalue weighted by atomic mass is 10.2. The standard InChI is InChI=1S/C26H19Cl2N3O5/c1-2-36-26(35)16-5-13-20(14-6-16)31-24(33)21(28)22(25(31)34)29-18-9-3-15(4-10-18)23(32)30-19-11-7-17(27)8-12-19/h3-14,29H,2H2,1H3,(H,30,32). The lowest BCUT2D eigenvalue weighted by Gasteiger charge is -2.15. The molecule has 1 heterocycles. The van der Waals surface area contributed by atoms with Crippen LogP contribution in [0.25, 0.3) is 0 Å². The van der Waals surface area contributed by atoms with Crippen LogP contribution in [0.2, 0.25) is 5.02 Å². The van der Waals surface area contributed by atoms with E-state index in [0.29, 0.717) is 22.0 Å². The molecule has 0 spiro atoms. The van der Waals surface area contributed by atoms with E-state index in [1.165, 1.54) is 24.3 Å². The van der Waals surface area contributed by atoms with Gasteiger partial charge in [-0.1, -0.05) is 23.2 Å². The molecule has 182 valence electrons. The number of nitrogens with one attached hydrogen (secondary N) is 2. The number of hydrogen-bond acceptors (Lipinski definition) is 6. The third kappa shape index (κ3) is 5.25. The first-order chi connectivity index (χ1) is 17.3. The molecule has 4 rings (SSSR count). The fourth-order valence-electron chi connectivity index (χ4n) is 3.39. The Bertz CT molecular complexity index is 1370. The Kier molecular flexibility index (Phi) is 7.38. The summed E-state index contributed by atoms with van der Waals surface area (Å²) in [5.41, 5.74) is 1.86. The highest BCUT2D eigenvalue weighted by atomic mass is 35.5. The summed E-state index contributed by atoms with van der Waals surface area (Å²) in [6.07, 6.45) is 0. The Hall–Kier alpha value is -4.14. The molecule has 0 unspecified atom stereocenters. The lowest BCUT2D eigenvalue weighted by Crippen LogP contribution is -2.32. The van der Waals surface area contributed by atoms with Gasteiger partial charge >= 0.3 is 5.97 Å². The Balaban J connectivity index is 1.45. The van der Waals surface area contributed by atoms with Gasteiger partial charge in [0.1, 0.15) is 10.7 Å². The number of hydrogen-bond donors (Lipinski definition) is 2. The minimum absolute atomic E-state index is 0.102. The number of ether oxygens (including phenoxy) is 1. The maximum absolute atomic E-state index is 13.0. The van der Waals surface area contributed by atoms with E-state index in [0.717, 1.165) is 4.90 Å². The number of anilines is 3. The second kappa shape index (κ2) is 10.6. The third-order valence-corrected chi connectivity index (χ3v) is 5.79. The monoisotopic (exact) mass is 523 g/mol. The molecule has 0 saturated heterocycles. The van der Waals surface area contributed by atoms with Crippen molar-refractivity contribution >= 4 is 64.0 Å². The molecule has 0 saturated carbocycles. The number of benzene rings is 3. The van der Waals surface area contributed by atoms with Crippen LogP contribution >= 0.6 is 23.2 Å². The Morgan fingerprint density at radius 3 is 2.00 bits per heavy atom. The molecule has 0 atom stereocenters. The Labute approximate surface area is 216 Å². The number of rotatable bonds is 7. The highest BCUT2D eigenvalue weighted by molar-refractivity contribution is 6.53. The van der Waals surface area contributed by atoms with Gasteiger partial charge in [-0.05, 0) is 79.7 Å². The van der Waals surface area contributed by atoms with Gasteiger partial charge in [-0.2, -0.15) is 0 Å². The summed E-state index contributed by atoms with van der Waals surface area (Å²) in [6, 6.07) is 18.8. The van der Waals surface area contributed by atoms with E-state index >= 15 is 0 Å². The summed E-state index contributed by atoms with van der Waals surface area (Å²) in [5.74, 6) is -2.19. The first-order valence-electron chi connectivity index (χ1n) is 10.8. The fraction of sp³-hybridized carbons (Fsp3) is 0.0769. The molecular formula is C26H19Cl2N3O5. The first kappa shape index (κ1) is 25.0. The van der Waals surface area contributed by atoms with E-state index < -0.39 is 17.8 Å². The van der Waals surface area contributed by atoms with Crippen molar-refractivity contribution in [1.29, 1.82) is 0 Å². The van der Waals surface area contributed by atoms with Crippen LogP contribution in [0.15, 0.2) is 83.5 Å². The van der Waals surface area contributed by atoms with Crippen molar-refractivity contribution in [2.75, 3.05) is 22.1 Å². The molecule has 3 amide bonds. The second-order valence-corrected chi connectivity index (χ2v) is 8.38. The number of nitrogens with zero attached hydrogens (tertiary/aromatic N) is 1. The lowest BCUT2D eigenvalue weighted by molar-refractivity contribution is -0.120. The maximum Gasteiger partial charge on any atom is 0.338 e. The number of halogens is 2. The number of esters is 1. The molecule has 3 aromatic carbocycles. The van der Waals surface area contributed by atoms with Crippen molar-refractivity contribution in [3.05, 3.63) is 99.7 Å². The van der Waals surface area contributed by atoms with Gasteiger partial charge in [-0.25, -0.2) is 9.69 Å². The molecule has 36 heavy (non-hydrogen) atoms. The molecule has 1 aliphatic rings. The van der Waals surface area contributed by atoms with Gasteiger partial charge in [0.2, 0.25) is 0 Å². The normalized spacial score (nSPS) is 13.1. The predicted molar refractivity (Wildman–Crippen MR) is 137 cm³/mol. The van der Waals surface area contributed by atoms with Crippen molar-refractivity contribution in [3.8, 4) is 0 Å². The van der Waals surface area contributed by atoms with Crippen LogP contribution in [0, 0.1) is 0 Å². The molecule has 0 radical (unpaired) electrons. The van der Waals surface area contributed by atoms with Gasteiger partial charge in [0.25, 0.3) is 17.7 Å². The topological polar surface area (TPSA) is 105 Å². The van der Waals surface area contributed by atoms with Crippen molar-refractivity contribution < 1.29 is 23.9 Å². The van der Waals surface area contributed by atoms with Crippen molar-refractivity contribution in [2.24, 2.45) is 0 Å². The van der Waals surface area contributed by atoms with E-state index in [-0.39, 0.29) is 34.5 Å². The SMILES string of the molecule is CCOC(=O)c1ccc(N2C(=O)C(Cl)=C(Nc3ccc(C(=O)Nc4ccc(Cl)cc4)cc3)C2=O)cc1. The van der Waals surface area contributed by atoms with E-state index in [1.807, 2.05) is 0 Å². The first-order valence-corrected chi connectivity index (χ1v) is 11.5. The number of carbonyl (C=O) groups is 4. The maximum atomic E-state index is 13.0. The van der Waals surface area contributed by atoms with Gasteiger partial charge in [-0.3, -0.25) is 14.4 Å². The average molecular weight is 524 g/mol. The molecule has 0 fully saturated rings. The Morgan fingerprint density at radius 2 is 1.39 bits per heavy atom. The molecule has 2 N–H and O–H groups in total. The van der Waals surface area contributed by atoms with Gasteiger partial charge < -0.3 is 15.4 Å². The van der Waals surface area contributed by atoms with Gasteiger partial charge in [0.15, 0.2) is 0 Å².